The Morgan fingerprint density at radius 3 is 2.94 bits per heavy atom. The van der Waals surface area contributed by atoms with E-state index < -0.39 is 0 Å². The van der Waals surface area contributed by atoms with Crippen LogP contribution in [0.4, 0.5) is 5.95 Å². The van der Waals surface area contributed by atoms with Crippen molar-refractivity contribution in [2.75, 3.05) is 11.9 Å². The first-order valence-electron chi connectivity index (χ1n) is 5.03. The SMILES string of the molecule is CCNc1ncc(C)c(-c2occc2Br)n1. The van der Waals surface area contributed by atoms with E-state index in [0.717, 1.165) is 28.0 Å². The van der Waals surface area contributed by atoms with Crippen molar-refractivity contribution in [1.29, 1.82) is 0 Å². The molecule has 0 aliphatic heterocycles. The van der Waals surface area contributed by atoms with Gasteiger partial charge >= 0.3 is 0 Å². The van der Waals surface area contributed by atoms with Crippen LogP contribution >= 0.6 is 15.9 Å². The van der Waals surface area contributed by atoms with Crippen LogP contribution in [0, 0.1) is 6.92 Å². The molecule has 4 nitrogen and oxygen atoms in total. The Morgan fingerprint density at radius 1 is 1.50 bits per heavy atom. The normalized spacial score (nSPS) is 10.4. The van der Waals surface area contributed by atoms with Crippen LogP contribution in [-0.2, 0) is 0 Å². The van der Waals surface area contributed by atoms with Crippen LogP contribution in [0.25, 0.3) is 11.5 Å². The van der Waals surface area contributed by atoms with E-state index in [2.05, 4.69) is 31.2 Å². The molecule has 0 aliphatic carbocycles. The predicted octanol–water partition coefficient (Wildman–Crippen LogP) is 3.24. The van der Waals surface area contributed by atoms with E-state index in [1.807, 2.05) is 19.9 Å². The third kappa shape index (κ3) is 2.09. The van der Waals surface area contributed by atoms with Crippen molar-refractivity contribution in [3.8, 4) is 11.5 Å². The van der Waals surface area contributed by atoms with E-state index in [-0.39, 0.29) is 0 Å². The van der Waals surface area contributed by atoms with E-state index in [9.17, 15) is 0 Å². The fourth-order valence-electron chi connectivity index (χ4n) is 1.38. The molecule has 2 aromatic rings. The maximum Gasteiger partial charge on any atom is 0.223 e. The largest absolute Gasteiger partial charge is 0.461 e. The van der Waals surface area contributed by atoms with Gasteiger partial charge in [0.1, 0.15) is 5.69 Å². The summed E-state index contributed by atoms with van der Waals surface area (Å²) in [5.41, 5.74) is 1.79. The second kappa shape index (κ2) is 4.65. The number of rotatable bonds is 3. The number of aryl methyl sites for hydroxylation is 1. The molecule has 2 aromatic heterocycles. The Morgan fingerprint density at radius 2 is 2.31 bits per heavy atom. The Hall–Kier alpha value is -1.36. The maximum atomic E-state index is 5.40. The molecule has 0 saturated heterocycles. The topological polar surface area (TPSA) is 51.0 Å². The number of halogens is 1. The van der Waals surface area contributed by atoms with Gasteiger partial charge in [0.05, 0.1) is 10.7 Å². The fraction of sp³-hybridized carbons (Fsp3) is 0.273. The van der Waals surface area contributed by atoms with E-state index in [4.69, 9.17) is 4.42 Å². The number of hydrogen-bond donors (Lipinski definition) is 1. The number of hydrogen-bond acceptors (Lipinski definition) is 4. The molecular weight excluding hydrogens is 270 g/mol. The van der Waals surface area contributed by atoms with Crippen molar-refractivity contribution in [2.24, 2.45) is 0 Å². The quantitative estimate of drug-likeness (QED) is 0.939. The first-order valence-corrected chi connectivity index (χ1v) is 5.82. The molecule has 0 atom stereocenters. The van der Waals surface area contributed by atoms with Crippen LogP contribution in [-0.4, -0.2) is 16.5 Å². The van der Waals surface area contributed by atoms with Crippen molar-refractivity contribution in [3.63, 3.8) is 0 Å². The number of nitrogens with one attached hydrogen (secondary N) is 1. The van der Waals surface area contributed by atoms with Crippen LogP contribution in [0.15, 0.2) is 27.4 Å². The van der Waals surface area contributed by atoms with E-state index in [0.29, 0.717) is 5.95 Å². The van der Waals surface area contributed by atoms with Crippen molar-refractivity contribution >= 4 is 21.9 Å². The molecule has 2 rings (SSSR count). The van der Waals surface area contributed by atoms with Crippen LogP contribution in [0.1, 0.15) is 12.5 Å². The minimum absolute atomic E-state index is 0.617. The third-order valence-electron chi connectivity index (χ3n) is 2.14. The standard InChI is InChI=1S/C11H12BrN3O/c1-3-13-11-14-6-7(2)9(15-11)10-8(12)4-5-16-10/h4-6H,3H2,1-2H3,(H,13,14,15). The van der Waals surface area contributed by atoms with Crippen LogP contribution in [0.2, 0.25) is 0 Å². The van der Waals surface area contributed by atoms with Crippen molar-refractivity contribution in [3.05, 3.63) is 28.6 Å². The molecule has 16 heavy (non-hydrogen) atoms. The number of anilines is 1. The summed E-state index contributed by atoms with van der Waals surface area (Å²) in [4.78, 5) is 8.61. The first kappa shape index (κ1) is 11.1. The first-order chi connectivity index (χ1) is 7.72. The number of nitrogens with zero attached hydrogens (tertiary/aromatic N) is 2. The molecule has 0 bridgehead atoms. The summed E-state index contributed by atoms with van der Waals surface area (Å²) >= 11 is 3.43. The van der Waals surface area contributed by atoms with Gasteiger partial charge in [0, 0.05) is 12.7 Å². The molecule has 0 amide bonds. The molecule has 1 N–H and O–H groups in total. The Balaban J connectivity index is 2.47. The lowest BCUT2D eigenvalue weighted by molar-refractivity contribution is 0.578. The molecule has 0 aliphatic rings. The smallest absolute Gasteiger partial charge is 0.223 e. The van der Waals surface area contributed by atoms with Crippen LogP contribution in [0.3, 0.4) is 0 Å². The minimum Gasteiger partial charge on any atom is -0.461 e. The molecule has 0 aromatic carbocycles. The highest BCUT2D eigenvalue weighted by Crippen LogP contribution is 2.30. The van der Waals surface area contributed by atoms with Gasteiger partial charge in [-0.1, -0.05) is 0 Å². The second-order valence-electron chi connectivity index (χ2n) is 3.35. The van der Waals surface area contributed by atoms with Crippen LogP contribution in [0.5, 0.6) is 0 Å². The minimum atomic E-state index is 0.617. The van der Waals surface area contributed by atoms with Gasteiger partial charge in [0.2, 0.25) is 5.95 Å². The molecule has 0 radical (unpaired) electrons. The Kier molecular flexibility index (Phi) is 3.24. The zero-order valence-electron chi connectivity index (χ0n) is 9.12. The van der Waals surface area contributed by atoms with Gasteiger partial charge in [-0.05, 0) is 41.4 Å². The summed E-state index contributed by atoms with van der Waals surface area (Å²) in [7, 11) is 0. The highest BCUT2D eigenvalue weighted by molar-refractivity contribution is 9.10. The van der Waals surface area contributed by atoms with Gasteiger partial charge in [0.15, 0.2) is 5.76 Å². The summed E-state index contributed by atoms with van der Waals surface area (Å²) in [5.74, 6) is 1.35. The molecule has 0 saturated carbocycles. The molecule has 0 unspecified atom stereocenters. The zero-order chi connectivity index (χ0) is 11.5. The van der Waals surface area contributed by atoms with E-state index in [1.165, 1.54) is 0 Å². The van der Waals surface area contributed by atoms with Crippen molar-refractivity contribution in [1.82, 2.24) is 9.97 Å². The summed E-state index contributed by atoms with van der Waals surface area (Å²) in [5, 5.41) is 3.08. The second-order valence-corrected chi connectivity index (χ2v) is 4.21. The average Bonchev–Trinajstić information content (AvgIpc) is 2.68. The van der Waals surface area contributed by atoms with Gasteiger partial charge in [-0.25, -0.2) is 9.97 Å². The van der Waals surface area contributed by atoms with E-state index >= 15 is 0 Å². The lowest BCUT2D eigenvalue weighted by Gasteiger charge is -2.06. The predicted molar refractivity (Wildman–Crippen MR) is 66.3 cm³/mol. The summed E-state index contributed by atoms with van der Waals surface area (Å²) in [6.45, 7) is 4.76. The van der Waals surface area contributed by atoms with Gasteiger partial charge in [-0.2, -0.15) is 0 Å². The summed E-state index contributed by atoms with van der Waals surface area (Å²) < 4.78 is 6.30. The third-order valence-corrected chi connectivity index (χ3v) is 2.76. The Labute approximate surface area is 102 Å². The van der Waals surface area contributed by atoms with Gasteiger partial charge in [-0.3, -0.25) is 0 Å². The van der Waals surface area contributed by atoms with Gasteiger partial charge < -0.3 is 9.73 Å². The molecule has 0 fully saturated rings. The molecule has 5 heteroatoms. The van der Waals surface area contributed by atoms with Crippen molar-refractivity contribution < 1.29 is 4.42 Å². The highest BCUT2D eigenvalue weighted by atomic mass is 79.9. The zero-order valence-corrected chi connectivity index (χ0v) is 10.7. The monoisotopic (exact) mass is 281 g/mol. The maximum absolute atomic E-state index is 5.40. The van der Waals surface area contributed by atoms with Gasteiger partial charge in [0.25, 0.3) is 0 Å². The lowest BCUT2D eigenvalue weighted by Crippen LogP contribution is -2.03. The Bertz CT molecular complexity index is 496. The van der Waals surface area contributed by atoms with Crippen molar-refractivity contribution in [2.45, 2.75) is 13.8 Å². The number of furan rings is 1. The highest BCUT2D eigenvalue weighted by Gasteiger charge is 2.12. The molecule has 2 heterocycles. The van der Waals surface area contributed by atoms with E-state index in [1.54, 1.807) is 12.5 Å². The molecule has 0 spiro atoms. The fourth-order valence-corrected chi connectivity index (χ4v) is 1.77. The van der Waals surface area contributed by atoms with Gasteiger partial charge in [-0.15, -0.1) is 0 Å². The lowest BCUT2D eigenvalue weighted by atomic mass is 10.2. The number of aromatic nitrogens is 2. The molecular formula is C11H12BrN3O. The van der Waals surface area contributed by atoms with Crippen LogP contribution < -0.4 is 5.32 Å². The molecule has 84 valence electrons. The average molecular weight is 282 g/mol. The summed E-state index contributed by atoms with van der Waals surface area (Å²) in [6, 6.07) is 1.85. The summed E-state index contributed by atoms with van der Waals surface area (Å²) in [6.07, 6.45) is 3.42.